The first kappa shape index (κ1) is 16.1. The zero-order valence-electron chi connectivity index (χ0n) is 11.9. The van der Waals surface area contributed by atoms with Crippen molar-refractivity contribution >= 4 is 22.9 Å². The molecule has 2 nitrogen and oxygen atoms in total. The number of nitrogens with zero attached hydrogens (tertiary/aromatic N) is 1. The Kier molecular flexibility index (Phi) is 4.76. The number of alkyl halides is 3. The van der Waals surface area contributed by atoms with Crippen LogP contribution in [0.5, 0.6) is 0 Å². The van der Waals surface area contributed by atoms with Gasteiger partial charge in [0.25, 0.3) is 0 Å². The molecule has 0 unspecified atom stereocenters. The molecule has 1 aliphatic carbocycles. The maximum absolute atomic E-state index is 12.8. The van der Waals surface area contributed by atoms with Gasteiger partial charge in [-0.25, -0.2) is 0 Å². The van der Waals surface area contributed by atoms with Crippen molar-refractivity contribution in [3.05, 3.63) is 29.3 Å². The van der Waals surface area contributed by atoms with Crippen LogP contribution in [0.3, 0.4) is 0 Å². The highest BCUT2D eigenvalue weighted by Gasteiger charge is 2.31. The van der Waals surface area contributed by atoms with E-state index in [4.69, 9.17) is 18.0 Å². The predicted octanol–water partition coefficient (Wildman–Crippen LogP) is 3.97. The van der Waals surface area contributed by atoms with Gasteiger partial charge in [-0.15, -0.1) is 0 Å². The summed E-state index contributed by atoms with van der Waals surface area (Å²) in [6.07, 6.45) is 0.421. The number of nitrogens with two attached hydrogens (primary N) is 1. The molecule has 1 aromatic rings. The van der Waals surface area contributed by atoms with Crippen LogP contribution in [0.2, 0.25) is 0 Å². The van der Waals surface area contributed by atoms with Crippen LogP contribution in [0.25, 0.3) is 0 Å². The SMILES string of the molecule is CN(CC1CCCC1)c1ccc(C(F)(F)F)cc1C(N)=S. The molecular weight excluding hydrogens is 297 g/mol. The molecule has 0 atom stereocenters. The van der Waals surface area contributed by atoms with E-state index in [1.54, 1.807) is 0 Å². The monoisotopic (exact) mass is 316 g/mol. The third-order valence-electron chi connectivity index (χ3n) is 4.01. The second-order valence-electron chi connectivity index (χ2n) is 5.62. The van der Waals surface area contributed by atoms with Gasteiger partial charge in [-0.05, 0) is 37.0 Å². The molecule has 0 spiro atoms. The highest BCUT2D eigenvalue weighted by Crippen LogP contribution is 2.34. The molecule has 0 radical (unpaired) electrons. The van der Waals surface area contributed by atoms with Gasteiger partial charge in [0.1, 0.15) is 4.99 Å². The summed E-state index contributed by atoms with van der Waals surface area (Å²) < 4.78 is 38.4. The fourth-order valence-electron chi connectivity index (χ4n) is 2.92. The zero-order valence-corrected chi connectivity index (χ0v) is 12.7. The topological polar surface area (TPSA) is 29.3 Å². The van der Waals surface area contributed by atoms with E-state index >= 15 is 0 Å². The van der Waals surface area contributed by atoms with E-state index in [-0.39, 0.29) is 4.99 Å². The fourth-order valence-corrected chi connectivity index (χ4v) is 3.08. The summed E-state index contributed by atoms with van der Waals surface area (Å²) >= 11 is 4.92. The van der Waals surface area contributed by atoms with Crippen LogP contribution < -0.4 is 10.6 Å². The number of hydrogen-bond donors (Lipinski definition) is 1. The highest BCUT2D eigenvalue weighted by atomic mass is 32.1. The molecular formula is C15H19F3N2S. The van der Waals surface area contributed by atoms with Crippen molar-refractivity contribution in [1.82, 2.24) is 0 Å². The summed E-state index contributed by atoms with van der Waals surface area (Å²) in [4.78, 5) is 1.96. The molecule has 116 valence electrons. The Morgan fingerprint density at radius 3 is 2.48 bits per heavy atom. The van der Waals surface area contributed by atoms with Crippen LogP contribution in [0, 0.1) is 5.92 Å². The fraction of sp³-hybridized carbons (Fsp3) is 0.533. The summed E-state index contributed by atoms with van der Waals surface area (Å²) in [5.41, 5.74) is 5.85. The Morgan fingerprint density at radius 1 is 1.33 bits per heavy atom. The van der Waals surface area contributed by atoms with Crippen molar-refractivity contribution < 1.29 is 13.2 Å². The number of anilines is 1. The standard InChI is InChI=1S/C15H19F3N2S/c1-20(9-10-4-2-3-5-10)13-7-6-11(15(16,17)18)8-12(13)14(19)21/h6-8,10H,2-5,9H2,1H3,(H2,19,21). The average molecular weight is 316 g/mol. The van der Waals surface area contributed by atoms with Gasteiger partial charge in [-0.1, -0.05) is 25.1 Å². The van der Waals surface area contributed by atoms with E-state index in [9.17, 15) is 13.2 Å². The lowest BCUT2D eigenvalue weighted by Crippen LogP contribution is -2.27. The Labute approximate surface area is 128 Å². The molecule has 2 rings (SSSR count). The van der Waals surface area contributed by atoms with Crippen molar-refractivity contribution in [3.8, 4) is 0 Å². The highest BCUT2D eigenvalue weighted by molar-refractivity contribution is 7.80. The number of rotatable bonds is 4. The van der Waals surface area contributed by atoms with Crippen molar-refractivity contribution in [2.45, 2.75) is 31.9 Å². The van der Waals surface area contributed by atoms with Gasteiger partial charge in [0.2, 0.25) is 0 Å². The first-order valence-electron chi connectivity index (χ1n) is 7.01. The van der Waals surface area contributed by atoms with Gasteiger partial charge >= 0.3 is 6.18 Å². The lowest BCUT2D eigenvalue weighted by Gasteiger charge is -2.26. The predicted molar refractivity (Wildman–Crippen MR) is 82.6 cm³/mol. The first-order chi connectivity index (χ1) is 9.79. The van der Waals surface area contributed by atoms with E-state index in [0.29, 0.717) is 17.2 Å². The number of thiocarbonyl (C=S) groups is 1. The lowest BCUT2D eigenvalue weighted by molar-refractivity contribution is -0.137. The molecule has 0 bridgehead atoms. The second-order valence-corrected chi connectivity index (χ2v) is 6.06. The number of benzene rings is 1. The second kappa shape index (κ2) is 6.22. The molecule has 2 N–H and O–H groups in total. The first-order valence-corrected chi connectivity index (χ1v) is 7.42. The smallest absolute Gasteiger partial charge is 0.389 e. The van der Waals surface area contributed by atoms with Crippen LogP contribution in [-0.2, 0) is 6.18 Å². The molecule has 0 heterocycles. The van der Waals surface area contributed by atoms with Crippen molar-refractivity contribution in [2.24, 2.45) is 11.7 Å². The molecule has 0 aromatic heterocycles. The minimum absolute atomic E-state index is 0.00521. The van der Waals surface area contributed by atoms with Crippen LogP contribution >= 0.6 is 12.2 Å². The largest absolute Gasteiger partial charge is 0.416 e. The van der Waals surface area contributed by atoms with E-state index in [2.05, 4.69) is 0 Å². The number of hydrogen-bond acceptors (Lipinski definition) is 2. The molecule has 0 saturated heterocycles. The normalized spacial score (nSPS) is 16.2. The summed E-state index contributed by atoms with van der Waals surface area (Å²) in [7, 11) is 1.88. The summed E-state index contributed by atoms with van der Waals surface area (Å²) in [5, 5.41) is 0. The van der Waals surface area contributed by atoms with Crippen molar-refractivity contribution in [2.75, 3.05) is 18.5 Å². The summed E-state index contributed by atoms with van der Waals surface area (Å²) in [6, 6.07) is 3.59. The quantitative estimate of drug-likeness (QED) is 0.852. The third-order valence-corrected chi connectivity index (χ3v) is 4.23. The van der Waals surface area contributed by atoms with Crippen molar-refractivity contribution in [3.63, 3.8) is 0 Å². The summed E-state index contributed by atoms with van der Waals surface area (Å²) in [5.74, 6) is 0.594. The molecule has 6 heteroatoms. The molecule has 1 saturated carbocycles. The number of halogens is 3. The van der Waals surface area contributed by atoms with E-state index in [1.807, 2.05) is 11.9 Å². The van der Waals surface area contributed by atoms with Crippen LogP contribution in [0.1, 0.15) is 36.8 Å². The van der Waals surface area contributed by atoms with E-state index in [0.717, 1.165) is 18.7 Å². The molecule has 21 heavy (non-hydrogen) atoms. The van der Waals surface area contributed by atoms with Crippen LogP contribution in [0.4, 0.5) is 18.9 Å². The molecule has 1 aliphatic rings. The van der Waals surface area contributed by atoms with Gasteiger partial charge in [-0.2, -0.15) is 13.2 Å². The van der Waals surface area contributed by atoms with E-state index < -0.39 is 11.7 Å². The third kappa shape index (κ3) is 3.87. The molecule has 0 aliphatic heterocycles. The van der Waals surface area contributed by atoms with Crippen LogP contribution in [-0.4, -0.2) is 18.6 Å². The molecule has 1 aromatic carbocycles. The van der Waals surface area contributed by atoms with Gasteiger partial charge in [0.05, 0.1) is 5.56 Å². The van der Waals surface area contributed by atoms with E-state index in [1.165, 1.54) is 31.7 Å². The Morgan fingerprint density at radius 2 is 1.95 bits per heavy atom. The zero-order chi connectivity index (χ0) is 15.6. The molecule has 1 fully saturated rings. The Bertz CT molecular complexity index is 522. The minimum atomic E-state index is -4.39. The lowest BCUT2D eigenvalue weighted by atomic mass is 10.0. The average Bonchev–Trinajstić information content (AvgIpc) is 2.89. The van der Waals surface area contributed by atoms with Gasteiger partial charge in [0, 0.05) is 24.8 Å². The molecule has 0 amide bonds. The van der Waals surface area contributed by atoms with Crippen molar-refractivity contribution in [1.29, 1.82) is 0 Å². The Hall–Kier alpha value is -1.30. The summed E-state index contributed by atoms with van der Waals surface area (Å²) in [6.45, 7) is 0.820. The maximum atomic E-state index is 12.8. The van der Waals surface area contributed by atoms with Gasteiger partial charge in [0.15, 0.2) is 0 Å². The van der Waals surface area contributed by atoms with Gasteiger partial charge < -0.3 is 10.6 Å². The van der Waals surface area contributed by atoms with Gasteiger partial charge in [-0.3, -0.25) is 0 Å². The minimum Gasteiger partial charge on any atom is -0.389 e. The Balaban J connectivity index is 2.27. The maximum Gasteiger partial charge on any atom is 0.416 e. The van der Waals surface area contributed by atoms with Crippen LogP contribution in [0.15, 0.2) is 18.2 Å².